The van der Waals surface area contributed by atoms with Crippen LogP contribution in [0.15, 0.2) is 11.4 Å². The van der Waals surface area contributed by atoms with Crippen molar-refractivity contribution < 1.29 is 9.53 Å². The minimum absolute atomic E-state index is 0.0312. The second kappa shape index (κ2) is 3.57. The SMILES string of the molecule is COC(=O)c1sccc1C1(CN)CC1(C)C. The van der Waals surface area contributed by atoms with E-state index in [1.807, 2.05) is 11.4 Å². The summed E-state index contributed by atoms with van der Waals surface area (Å²) in [4.78, 5) is 12.4. The molecular weight excluding hydrogens is 222 g/mol. The van der Waals surface area contributed by atoms with Crippen LogP contribution in [0.25, 0.3) is 0 Å². The van der Waals surface area contributed by atoms with E-state index < -0.39 is 0 Å². The van der Waals surface area contributed by atoms with Crippen LogP contribution >= 0.6 is 11.3 Å². The number of hydrogen-bond donors (Lipinski definition) is 1. The molecule has 1 atom stereocenters. The van der Waals surface area contributed by atoms with E-state index >= 15 is 0 Å². The molecule has 1 fully saturated rings. The molecule has 88 valence electrons. The fourth-order valence-electron chi connectivity index (χ4n) is 2.57. The van der Waals surface area contributed by atoms with Gasteiger partial charge in [0.2, 0.25) is 0 Å². The minimum Gasteiger partial charge on any atom is -0.465 e. The standard InChI is InChI=1S/C12H17NO2S/c1-11(2)6-12(11,7-13)8-4-5-16-9(8)10(14)15-3/h4-5H,6-7,13H2,1-3H3. The molecular formula is C12H17NO2S. The molecule has 0 amide bonds. The van der Waals surface area contributed by atoms with Crippen molar-refractivity contribution in [3.8, 4) is 0 Å². The molecule has 0 bridgehead atoms. The molecule has 0 aromatic carbocycles. The molecule has 1 saturated carbocycles. The predicted octanol–water partition coefficient (Wildman–Crippen LogP) is 2.16. The molecule has 0 aliphatic heterocycles. The van der Waals surface area contributed by atoms with E-state index in [-0.39, 0.29) is 16.8 Å². The Morgan fingerprint density at radius 3 is 2.69 bits per heavy atom. The molecule has 0 saturated heterocycles. The summed E-state index contributed by atoms with van der Waals surface area (Å²) in [5.41, 5.74) is 7.12. The van der Waals surface area contributed by atoms with E-state index in [2.05, 4.69) is 13.8 Å². The average Bonchev–Trinajstić information content (AvgIpc) is 2.68. The lowest BCUT2D eigenvalue weighted by molar-refractivity contribution is 0.0604. The first-order chi connectivity index (χ1) is 7.48. The van der Waals surface area contributed by atoms with Crippen molar-refractivity contribution in [1.82, 2.24) is 0 Å². The monoisotopic (exact) mass is 239 g/mol. The Hall–Kier alpha value is -0.870. The fourth-order valence-corrected chi connectivity index (χ4v) is 3.48. The number of ether oxygens (including phenoxy) is 1. The third-order valence-electron chi connectivity index (χ3n) is 3.81. The molecule has 1 aliphatic carbocycles. The summed E-state index contributed by atoms with van der Waals surface area (Å²) in [5.74, 6) is -0.250. The molecule has 1 aliphatic rings. The summed E-state index contributed by atoms with van der Waals surface area (Å²) in [5, 5.41) is 1.94. The van der Waals surface area contributed by atoms with E-state index in [1.54, 1.807) is 0 Å². The Kier molecular flexibility index (Phi) is 2.59. The molecule has 16 heavy (non-hydrogen) atoms. The van der Waals surface area contributed by atoms with Crippen molar-refractivity contribution in [1.29, 1.82) is 0 Å². The number of rotatable bonds is 3. The van der Waals surface area contributed by atoms with Gasteiger partial charge in [0.1, 0.15) is 4.88 Å². The summed E-state index contributed by atoms with van der Waals surface area (Å²) in [6, 6.07) is 2.01. The summed E-state index contributed by atoms with van der Waals surface area (Å²) in [6.45, 7) is 4.97. The highest BCUT2D eigenvalue weighted by Crippen LogP contribution is 2.64. The normalized spacial score (nSPS) is 26.5. The van der Waals surface area contributed by atoms with Gasteiger partial charge in [-0.25, -0.2) is 4.79 Å². The summed E-state index contributed by atoms with van der Waals surface area (Å²) < 4.78 is 4.80. The van der Waals surface area contributed by atoms with Crippen LogP contribution in [0, 0.1) is 5.41 Å². The number of esters is 1. The largest absolute Gasteiger partial charge is 0.465 e. The summed E-state index contributed by atoms with van der Waals surface area (Å²) in [6.07, 6.45) is 1.04. The minimum atomic E-state index is -0.250. The zero-order valence-corrected chi connectivity index (χ0v) is 10.7. The topological polar surface area (TPSA) is 52.3 Å². The van der Waals surface area contributed by atoms with Gasteiger partial charge in [0.25, 0.3) is 0 Å². The average molecular weight is 239 g/mol. The van der Waals surface area contributed by atoms with Gasteiger partial charge in [-0.1, -0.05) is 13.8 Å². The second-order valence-corrected chi connectivity index (χ2v) is 5.92. The van der Waals surface area contributed by atoms with Gasteiger partial charge < -0.3 is 10.5 Å². The van der Waals surface area contributed by atoms with Gasteiger partial charge >= 0.3 is 5.97 Å². The van der Waals surface area contributed by atoms with Crippen LogP contribution in [0.3, 0.4) is 0 Å². The number of thiophene rings is 1. The third-order valence-corrected chi connectivity index (χ3v) is 4.71. The Morgan fingerprint density at radius 1 is 1.62 bits per heavy atom. The van der Waals surface area contributed by atoms with Crippen molar-refractivity contribution in [3.05, 3.63) is 21.9 Å². The lowest BCUT2D eigenvalue weighted by atomic mass is 9.88. The number of carbonyl (C=O) groups excluding carboxylic acids is 1. The zero-order chi connectivity index (χ0) is 12.0. The van der Waals surface area contributed by atoms with E-state index in [1.165, 1.54) is 18.4 Å². The molecule has 3 nitrogen and oxygen atoms in total. The molecule has 1 aromatic heterocycles. The highest BCUT2D eigenvalue weighted by molar-refractivity contribution is 7.12. The Morgan fingerprint density at radius 2 is 2.25 bits per heavy atom. The van der Waals surface area contributed by atoms with Gasteiger partial charge in [-0.15, -0.1) is 11.3 Å². The van der Waals surface area contributed by atoms with E-state index in [9.17, 15) is 4.79 Å². The Bertz CT molecular complexity index is 424. The van der Waals surface area contributed by atoms with Crippen molar-refractivity contribution in [3.63, 3.8) is 0 Å². The molecule has 2 N–H and O–H groups in total. The smallest absolute Gasteiger partial charge is 0.348 e. The molecule has 0 radical (unpaired) electrons. The summed E-state index contributed by atoms with van der Waals surface area (Å²) >= 11 is 1.44. The van der Waals surface area contributed by atoms with E-state index in [0.29, 0.717) is 11.4 Å². The number of carbonyl (C=O) groups is 1. The van der Waals surface area contributed by atoms with Gasteiger partial charge in [-0.05, 0) is 28.8 Å². The third kappa shape index (κ3) is 1.40. The van der Waals surface area contributed by atoms with Crippen LogP contribution in [-0.2, 0) is 10.2 Å². The molecule has 4 heteroatoms. The first-order valence-electron chi connectivity index (χ1n) is 5.35. The van der Waals surface area contributed by atoms with Crippen LogP contribution < -0.4 is 5.73 Å². The van der Waals surface area contributed by atoms with Crippen molar-refractivity contribution in [2.75, 3.05) is 13.7 Å². The number of hydrogen-bond acceptors (Lipinski definition) is 4. The number of methoxy groups -OCH3 is 1. The lowest BCUT2D eigenvalue weighted by Crippen LogP contribution is -2.26. The quantitative estimate of drug-likeness (QED) is 0.822. The Labute approximate surface area is 99.6 Å². The van der Waals surface area contributed by atoms with Gasteiger partial charge in [0.05, 0.1) is 7.11 Å². The Balaban J connectivity index is 2.42. The predicted molar refractivity (Wildman–Crippen MR) is 64.8 cm³/mol. The van der Waals surface area contributed by atoms with Gasteiger partial charge in [0, 0.05) is 12.0 Å². The van der Waals surface area contributed by atoms with Gasteiger partial charge in [-0.3, -0.25) is 0 Å². The van der Waals surface area contributed by atoms with E-state index in [0.717, 1.165) is 12.0 Å². The van der Waals surface area contributed by atoms with Gasteiger partial charge in [0.15, 0.2) is 0 Å². The molecule has 2 rings (SSSR count). The lowest BCUT2D eigenvalue weighted by Gasteiger charge is -2.18. The van der Waals surface area contributed by atoms with Crippen LogP contribution in [0.4, 0.5) is 0 Å². The highest BCUT2D eigenvalue weighted by atomic mass is 32.1. The fraction of sp³-hybridized carbons (Fsp3) is 0.583. The van der Waals surface area contributed by atoms with Crippen LogP contribution in [-0.4, -0.2) is 19.6 Å². The summed E-state index contributed by atoms with van der Waals surface area (Å²) in [7, 11) is 1.42. The first-order valence-corrected chi connectivity index (χ1v) is 6.23. The molecule has 1 heterocycles. The second-order valence-electron chi connectivity index (χ2n) is 5.00. The zero-order valence-electron chi connectivity index (χ0n) is 9.87. The van der Waals surface area contributed by atoms with Crippen molar-refractivity contribution in [2.45, 2.75) is 25.7 Å². The molecule has 1 aromatic rings. The maximum atomic E-state index is 11.6. The van der Waals surface area contributed by atoms with Crippen molar-refractivity contribution >= 4 is 17.3 Å². The number of nitrogens with two attached hydrogens (primary N) is 1. The van der Waals surface area contributed by atoms with Crippen molar-refractivity contribution in [2.24, 2.45) is 11.1 Å². The van der Waals surface area contributed by atoms with E-state index in [4.69, 9.17) is 10.5 Å². The molecule has 1 unspecified atom stereocenters. The van der Waals surface area contributed by atoms with Crippen LogP contribution in [0.5, 0.6) is 0 Å². The highest BCUT2D eigenvalue weighted by Gasteiger charge is 2.62. The maximum Gasteiger partial charge on any atom is 0.348 e. The first kappa shape index (κ1) is 11.6. The molecule has 0 spiro atoms. The maximum absolute atomic E-state index is 11.6. The van der Waals surface area contributed by atoms with Gasteiger partial charge in [-0.2, -0.15) is 0 Å². The van der Waals surface area contributed by atoms with Crippen LogP contribution in [0.1, 0.15) is 35.5 Å². The van der Waals surface area contributed by atoms with Crippen LogP contribution in [0.2, 0.25) is 0 Å².